The first kappa shape index (κ1) is 15.8. The largest absolute Gasteiger partial charge is 0.390 e. The van der Waals surface area contributed by atoms with Crippen molar-refractivity contribution < 1.29 is 5.11 Å². The molecule has 0 unspecified atom stereocenters. The van der Waals surface area contributed by atoms with Crippen LogP contribution in [-0.4, -0.2) is 59.8 Å². The van der Waals surface area contributed by atoms with Crippen molar-refractivity contribution in [3.8, 4) is 0 Å². The molecule has 0 amide bonds. The summed E-state index contributed by atoms with van der Waals surface area (Å²) in [5.41, 5.74) is 0. The van der Waals surface area contributed by atoms with Crippen molar-refractivity contribution in [1.82, 2.24) is 9.80 Å². The fourth-order valence-corrected chi connectivity index (χ4v) is 4.74. The molecule has 2 heterocycles. The highest BCUT2D eigenvalue weighted by atomic mass is 16.3. The molecule has 2 atom stereocenters. The molecule has 1 aliphatic carbocycles. The molecule has 0 spiro atoms. The van der Waals surface area contributed by atoms with Crippen LogP contribution < -0.4 is 0 Å². The number of aliphatic hydroxyl groups excluding tert-OH is 1. The highest BCUT2D eigenvalue weighted by Gasteiger charge is 2.32. The van der Waals surface area contributed by atoms with Crippen LogP contribution in [0.5, 0.6) is 0 Å². The monoisotopic (exact) mass is 294 g/mol. The number of hydrogen-bond donors (Lipinski definition) is 1. The Morgan fingerprint density at radius 3 is 2.10 bits per heavy atom. The number of hydrogen-bond acceptors (Lipinski definition) is 3. The van der Waals surface area contributed by atoms with Crippen LogP contribution in [-0.2, 0) is 0 Å². The molecule has 3 rings (SSSR count). The van der Waals surface area contributed by atoms with Crippen molar-refractivity contribution in [2.75, 3.05) is 32.7 Å². The number of nitrogens with zero attached hydrogens (tertiary/aromatic N) is 2. The summed E-state index contributed by atoms with van der Waals surface area (Å²) in [6.45, 7) is 5.78. The molecule has 2 aliphatic heterocycles. The van der Waals surface area contributed by atoms with E-state index in [-0.39, 0.29) is 6.10 Å². The summed E-state index contributed by atoms with van der Waals surface area (Å²) < 4.78 is 0. The Labute approximate surface area is 130 Å². The Kier molecular flexibility index (Phi) is 5.96. The maximum atomic E-state index is 10.6. The second-order valence-electron chi connectivity index (χ2n) is 7.64. The summed E-state index contributed by atoms with van der Waals surface area (Å²) in [7, 11) is 0. The van der Waals surface area contributed by atoms with E-state index in [1.54, 1.807) is 0 Å². The predicted molar refractivity (Wildman–Crippen MR) is 87.5 cm³/mol. The summed E-state index contributed by atoms with van der Waals surface area (Å²) in [6, 6.07) is 0.436. The molecule has 122 valence electrons. The average Bonchev–Trinajstić information content (AvgIpc) is 2.77. The fraction of sp³-hybridized carbons (Fsp3) is 1.00. The molecule has 3 heteroatoms. The van der Waals surface area contributed by atoms with E-state index < -0.39 is 0 Å². The third kappa shape index (κ3) is 4.43. The number of β-amino-alcohol motifs (C(OH)–C–C–N with tert-alkyl or cyclic N) is 1. The van der Waals surface area contributed by atoms with Crippen LogP contribution in [0.25, 0.3) is 0 Å². The maximum absolute atomic E-state index is 10.6. The van der Waals surface area contributed by atoms with Crippen molar-refractivity contribution >= 4 is 0 Å². The summed E-state index contributed by atoms with van der Waals surface area (Å²) in [4.78, 5) is 5.14. The van der Waals surface area contributed by atoms with E-state index >= 15 is 0 Å². The van der Waals surface area contributed by atoms with Crippen LogP contribution >= 0.6 is 0 Å². The van der Waals surface area contributed by atoms with E-state index in [1.165, 1.54) is 90.4 Å². The van der Waals surface area contributed by atoms with Crippen molar-refractivity contribution in [3.63, 3.8) is 0 Å². The third-order valence-corrected chi connectivity index (χ3v) is 5.98. The molecule has 1 N–H and O–H groups in total. The number of likely N-dealkylation sites (tertiary alicyclic amines) is 2. The first-order chi connectivity index (χ1) is 10.3. The molecule has 2 saturated heterocycles. The number of rotatable bonds is 3. The van der Waals surface area contributed by atoms with E-state index in [0.717, 1.165) is 12.5 Å². The van der Waals surface area contributed by atoms with Gasteiger partial charge in [-0.3, -0.25) is 4.90 Å². The SMILES string of the molecule is O[C@H]1CN(CC2CCCCC2)CC[C@@H]1N1CCCCCC1. The van der Waals surface area contributed by atoms with Gasteiger partial charge < -0.3 is 10.0 Å². The molecule has 0 aromatic heterocycles. The third-order valence-electron chi connectivity index (χ3n) is 5.98. The molecule has 0 bridgehead atoms. The van der Waals surface area contributed by atoms with Gasteiger partial charge in [0.25, 0.3) is 0 Å². The topological polar surface area (TPSA) is 26.7 Å². The Hall–Kier alpha value is -0.120. The van der Waals surface area contributed by atoms with Crippen molar-refractivity contribution in [1.29, 1.82) is 0 Å². The van der Waals surface area contributed by atoms with Gasteiger partial charge in [-0.05, 0) is 57.7 Å². The predicted octanol–water partition coefficient (Wildman–Crippen LogP) is 2.88. The van der Waals surface area contributed by atoms with Crippen molar-refractivity contribution in [2.24, 2.45) is 5.92 Å². The van der Waals surface area contributed by atoms with Gasteiger partial charge in [0.2, 0.25) is 0 Å². The first-order valence-corrected chi connectivity index (χ1v) is 9.47. The fourth-order valence-electron chi connectivity index (χ4n) is 4.74. The van der Waals surface area contributed by atoms with E-state index in [0.29, 0.717) is 6.04 Å². The molecule has 0 radical (unpaired) electrons. The number of aliphatic hydroxyl groups is 1. The van der Waals surface area contributed by atoms with Gasteiger partial charge in [0, 0.05) is 19.1 Å². The van der Waals surface area contributed by atoms with Gasteiger partial charge in [-0.2, -0.15) is 0 Å². The van der Waals surface area contributed by atoms with Crippen LogP contribution in [0.2, 0.25) is 0 Å². The van der Waals surface area contributed by atoms with Crippen molar-refractivity contribution in [2.45, 2.75) is 76.4 Å². The van der Waals surface area contributed by atoms with Gasteiger partial charge in [0.05, 0.1) is 6.10 Å². The molecular weight excluding hydrogens is 260 g/mol. The zero-order valence-corrected chi connectivity index (χ0v) is 13.7. The Balaban J connectivity index is 1.46. The van der Waals surface area contributed by atoms with Gasteiger partial charge in [0.1, 0.15) is 0 Å². The van der Waals surface area contributed by atoms with Crippen molar-refractivity contribution in [3.05, 3.63) is 0 Å². The molecule has 3 nitrogen and oxygen atoms in total. The van der Waals surface area contributed by atoms with Crippen LogP contribution in [0.1, 0.15) is 64.2 Å². The second kappa shape index (κ2) is 7.94. The van der Waals surface area contributed by atoms with E-state index in [2.05, 4.69) is 9.80 Å². The summed E-state index contributed by atoms with van der Waals surface area (Å²) in [5, 5.41) is 10.6. The normalized spacial score (nSPS) is 34.7. The lowest BCUT2D eigenvalue weighted by molar-refractivity contribution is -0.0173. The minimum Gasteiger partial charge on any atom is -0.390 e. The van der Waals surface area contributed by atoms with E-state index in [9.17, 15) is 5.11 Å². The van der Waals surface area contributed by atoms with E-state index in [1.807, 2.05) is 0 Å². The zero-order valence-electron chi connectivity index (χ0n) is 13.7. The quantitative estimate of drug-likeness (QED) is 0.867. The summed E-state index contributed by atoms with van der Waals surface area (Å²) in [5.74, 6) is 0.903. The van der Waals surface area contributed by atoms with Crippen LogP contribution in [0.3, 0.4) is 0 Å². The Morgan fingerprint density at radius 2 is 1.43 bits per heavy atom. The summed E-state index contributed by atoms with van der Waals surface area (Å²) in [6.07, 6.45) is 13.6. The highest BCUT2D eigenvalue weighted by molar-refractivity contribution is 4.88. The van der Waals surface area contributed by atoms with Crippen LogP contribution in [0.15, 0.2) is 0 Å². The Morgan fingerprint density at radius 1 is 0.762 bits per heavy atom. The maximum Gasteiger partial charge on any atom is 0.0822 e. The van der Waals surface area contributed by atoms with Crippen LogP contribution in [0, 0.1) is 5.92 Å². The molecule has 3 aliphatic rings. The zero-order chi connectivity index (χ0) is 14.5. The average molecular weight is 294 g/mol. The molecule has 0 aromatic rings. The molecular formula is C18H34N2O. The van der Waals surface area contributed by atoms with Gasteiger partial charge in [-0.15, -0.1) is 0 Å². The lowest BCUT2D eigenvalue weighted by Crippen LogP contribution is -2.55. The van der Waals surface area contributed by atoms with Gasteiger partial charge in [-0.25, -0.2) is 0 Å². The highest BCUT2D eigenvalue weighted by Crippen LogP contribution is 2.27. The Bertz CT molecular complexity index is 296. The summed E-state index contributed by atoms with van der Waals surface area (Å²) >= 11 is 0. The molecule has 0 aromatic carbocycles. The van der Waals surface area contributed by atoms with Gasteiger partial charge in [-0.1, -0.05) is 32.1 Å². The minimum atomic E-state index is -0.125. The minimum absolute atomic E-state index is 0.125. The van der Waals surface area contributed by atoms with Gasteiger partial charge >= 0.3 is 0 Å². The smallest absolute Gasteiger partial charge is 0.0822 e. The lowest BCUT2D eigenvalue weighted by Gasteiger charge is -2.42. The molecule has 21 heavy (non-hydrogen) atoms. The standard InChI is InChI=1S/C18H34N2O/c21-18-15-19(14-16-8-4-3-5-9-16)13-10-17(18)20-11-6-1-2-7-12-20/h16-18,21H,1-15H2/t17-,18-/m0/s1. The second-order valence-corrected chi connectivity index (χ2v) is 7.64. The first-order valence-electron chi connectivity index (χ1n) is 9.47. The van der Waals surface area contributed by atoms with Crippen LogP contribution in [0.4, 0.5) is 0 Å². The lowest BCUT2D eigenvalue weighted by atomic mass is 9.88. The van der Waals surface area contributed by atoms with E-state index in [4.69, 9.17) is 0 Å². The number of piperidine rings is 1. The van der Waals surface area contributed by atoms with Gasteiger partial charge in [0.15, 0.2) is 0 Å². The molecule has 1 saturated carbocycles. The molecule has 3 fully saturated rings.